The summed E-state index contributed by atoms with van der Waals surface area (Å²) in [4.78, 5) is 1.55. The van der Waals surface area contributed by atoms with E-state index in [-0.39, 0.29) is 0 Å². The Morgan fingerprint density at radius 2 is 2.00 bits per heavy atom. The lowest BCUT2D eigenvalue weighted by atomic mass is 10.1. The molecule has 1 aliphatic heterocycles. The number of aryl methyl sites for hydroxylation is 1. The third-order valence-electron chi connectivity index (χ3n) is 2.26. The smallest absolute Gasteiger partial charge is 0.00199 e. The van der Waals surface area contributed by atoms with Crippen molar-refractivity contribution in [2.24, 2.45) is 0 Å². The molecule has 1 aliphatic rings. The lowest BCUT2D eigenvalue weighted by Gasteiger charge is -1.97. The van der Waals surface area contributed by atoms with Gasteiger partial charge in [0.05, 0.1) is 0 Å². The summed E-state index contributed by atoms with van der Waals surface area (Å²) in [5.41, 5.74) is 2.68. The highest BCUT2D eigenvalue weighted by molar-refractivity contribution is 8.03. The number of allylic oxidation sites excluding steroid dienone is 1. The minimum atomic E-state index is 1.28. The lowest BCUT2D eigenvalue weighted by molar-refractivity contribution is 0.999. The van der Waals surface area contributed by atoms with Crippen molar-refractivity contribution in [3.05, 3.63) is 40.3 Å². The lowest BCUT2D eigenvalue weighted by Crippen LogP contribution is -1.75. The van der Waals surface area contributed by atoms with Crippen LogP contribution in [-0.4, -0.2) is 5.75 Å². The van der Waals surface area contributed by atoms with Gasteiger partial charge in [0.15, 0.2) is 0 Å². The molecule has 1 heteroatoms. The SMILES string of the molecule is Cc1ccc(/C=C2\CCCS2)cc1. The molecule has 1 saturated heterocycles. The van der Waals surface area contributed by atoms with Crippen molar-refractivity contribution in [2.75, 3.05) is 5.75 Å². The normalized spacial score (nSPS) is 19.6. The summed E-state index contributed by atoms with van der Waals surface area (Å²) in [5, 5.41) is 0. The zero-order valence-corrected chi connectivity index (χ0v) is 8.73. The highest BCUT2D eigenvalue weighted by Crippen LogP contribution is 2.31. The number of rotatable bonds is 1. The van der Waals surface area contributed by atoms with Crippen LogP contribution in [0.1, 0.15) is 24.0 Å². The molecule has 0 unspecified atom stereocenters. The van der Waals surface area contributed by atoms with E-state index in [0.29, 0.717) is 0 Å². The molecule has 0 aromatic heterocycles. The van der Waals surface area contributed by atoms with Gasteiger partial charge in [0.1, 0.15) is 0 Å². The first-order valence-electron chi connectivity index (χ1n) is 4.75. The Morgan fingerprint density at radius 1 is 1.23 bits per heavy atom. The van der Waals surface area contributed by atoms with E-state index in [1.54, 1.807) is 4.91 Å². The molecule has 0 bridgehead atoms. The first-order valence-corrected chi connectivity index (χ1v) is 5.73. The van der Waals surface area contributed by atoms with E-state index in [1.807, 2.05) is 11.8 Å². The fraction of sp³-hybridized carbons (Fsp3) is 0.333. The topological polar surface area (TPSA) is 0 Å². The molecule has 0 nitrogen and oxygen atoms in total. The molecule has 13 heavy (non-hydrogen) atoms. The summed E-state index contributed by atoms with van der Waals surface area (Å²) in [6.07, 6.45) is 4.94. The van der Waals surface area contributed by atoms with Gasteiger partial charge in [-0.3, -0.25) is 0 Å². The van der Waals surface area contributed by atoms with Crippen molar-refractivity contribution in [3.8, 4) is 0 Å². The Hall–Kier alpha value is -0.690. The standard InChI is InChI=1S/C12H14S/c1-10-4-6-11(7-5-10)9-12-3-2-8-13-12/h4-7,9H,2-3,8H2,1H3/b12-9+. The van der Waals surface area contributed by atoms with Crippen LogP contribution in [0.25, 0.3) is 6.08 Å². The van der Waals surface area contributed by atoms with Crippen LogP contribution in [-0.2, 0) is 0 Å². The molecule has 0 atom stereocenters. The molecule has 1 heterocycles. The van der Waals surface area contributed by atoms with Crippen LogP contribution in [0.4, 0.5) is 0 Å². The Bertz CT molecular complexity index is 300. The Morgan fingerprint density at radius 3 is 2.62 bits per heavy atom. The monoisotopic (exact) mass is 190 g/mol. The predicted molar refractivity (Wildman–Crippen MR) is 60.8 cm³/mol. The zero-order valence-electron chi connectivity index (χ0n) is 7.92. The summed E-state index contributed by atoms with van der Waals surface area (Å²) < 4.78 is 0. The van der Waals surface area contributed by atoms with E-state index >= 15 is 0 Å². The van der Waals surface area contributed by atoms with Crippen molar-refractivity contribution in [1.82, 2.24) is 0 Å². The molecule has 2 rings (SSSR count). The number of hydrogen-bond donors (Lipinski definition) is 0. The average molecular weight is 190 g/mol. The molecular weight excluding hydrogens is 176 g/mol. The maximum Gasteiger partial charge on any atom is -0.00199 e. The highest BCUT2D eigenvalue weighted by Gasteiger charge is 2.06. The first-order chi connectivity index (χ1) is 6.34. The van der Waals surface area contributed by atoms with Crippen LogP contribution in [0, 0.1) is 6.92 Å². The van der Waals surface area contributed by atoms with Crippen molar-refractivity contribution < 1.29 is 0 Å². The van der Waals surface area contributed by atoms with Crippen molar-refractivity contribution in [1.29, 1.82) is 0 Å². The van der Waals surface area contributed by atoms with Crippen LogP contribution in [0.15, 0.2) is 29.2 Å². The molecule has 68 valence electrons. The molecule has 1 fully saturated rings. The Balaban J connectivity index is 2.17. The number of thioether (sulfide) groups is 1. The molecule has 0 radical (unpaired) electrons. The first kappa shape index (κ1) is 8.89. The van der Waals surface area contributed by atoms with Gasteiger partial charge in [-0.15, -0.1) is 11.8 Å². The summed E-state index contributed by atoms with van der Waals surface area (Å²) in [6, 6.07) is 8.74. The molecular formula is C12H14S. The van der Waals surface area contributed by atoms with Crippen LogP contribution in [0.3, 0.4) is 0 Å². The van der Waals surface area contributed by atoms with E-state index in [2.05, 4.69) is 37.3 Å². The van der Waals surface area contributed by atoms with Crippen molar-refractivity contribution >= 4 is 17.8 Å². The maximum atomic E-state index is 2.32. The Labute approximate surface area is 84.0 Å². The van der Waals surface area contributed by atoms with Crippen LogP contribution in [0.2, 0.25) is 0 Å². The summed E-state index contributed by atoms with van der Waals surface area (Å²) in [5.74, 6) is 1.30. The van der Waals surface area contributed by atoms with Gasteiger partial charge in [-0.1, -0.05) is 29.8 Å². The van der Waals surface area contributed by atoms with Gasteiger partial charge in [-0.2, -0.15) is 0 Å². The van der Waals surface area contributed by atoms with Gasteiger partial charge in [0, 0.05) is 0 Å². The second kappa shape index (κ2) is 4.01. The van der Waals surface area contributed by atoms with Crippen LogP contribution in [0.5, 0.6) is 0 Å². The fourth-order valence-corrected chi connectivity index (χ4v) is 2.54. The second-order valence-electron chi connectivity index (χ2n) is 3.47. The molecule has 0 amide bonds. The molecule has 0 saturated carbocycles. The van der Waals surface area contributed by atoms with E-state index in [0.717, 1.165) is 0 Å². The molecule has 0 spiro atoms. The third-order valence-corrected chi connectivity index (χ3v) is 3.45. The van der Waals surface area contributed by atoms with E-state index in [9.17, 15) is 0 Å². The number of hydrogen-bond acceptors (Lipinski definition) is 1. The minimum absolute atomic E-state index is 1.28. The zero-order chi connectivity index (χ0) is 9.10. The van der Waals surface area contributed by atoms with Gasteiger partial charge in [0.25, 0.3) is 0 Å². The van der Waals surface area contributed by atoms with Gasteiger partial charge in [-0.05, 0) is 42.1 Å². The summed E-state index contributed by atoms with van der Waals surface area (Å²) >= 11 is 2.00. The summed E-state index contributed by atoms with van der Waals surface area (Å²) in [6.45, 7) is 2.13. The third kappa shape index (κ3) is 2.38. The largest absolute Gasteiger partial charge is 0.131 e. The van der Waals surface area contributed by atoms with Gasteiger partial charge in [0.2, 0.25) is 0 Å². The van der Waals surface area contributed by atoms with Crippen LogP contribution >= 0.6 is 11.8 Å². The van der Waals surface area contributed by atoms with Crippen molar-refractivity contribution in [2.45, 2.75) is 19.8 Å². The fourth-order valence-electron chi connectivity index (χ4n) is 1.48. The average Bonchev–Trinajstić information content (AvgIpc) is 2.62. The van der Waals surface area contributed by atoms with Gasteiger partial charge in [-0.25, -0.2) is 0 Å². The molecule has 1 aromatic rings. The van der Waals surface area contributed by atoms with E-state index in [1.165, 1.54) is 29.7 Å². The quantitative estimate of drug-likeness (QED) is 0.648. The van der Waals surface area contributed by atoms with Crippen molar-refractivity contribution in [3.63, 3.8) is 0 Å². The van der Waals surface area contributed by atoms with E-state index < -0.39 is 0 Å². The predicted octanol–water partition coefficient (Wildman–Crippen LogP) is 3.86. The highest BCUT2D eigenvalue weighted by atomic mass is 32.2. The Kier molecular flexibility index (Phi) is 2.74. The van der Waals surface area contributed by atoms with Gasteiger partial charge < -0.3 is 0 Å². The van der Waals surface area contributed by atoms with E-state index in [4.69, 9.17) is 0 Å². The maximum absolute atomic E-state index is 2.32. The number of benzene rings is 1. The minimum Gasteiger partial charge on any atom is -0.131 e. The molecule has 0 N–H and O–H groups in total. The molecule has 0 aliphatic carbocycles. The summed E-state index contributed by atoms with van der Waals surface area (Å²) in [7, 11) is 0. The molecule has 1 aromatic carbocycles. The second-order valence-corrected chi connectivity index (χ2v) is 4.69. The van der Waals surface area contributed by atoms with Crippen LogP contribution < -0.4 is 0 Å². The van der Waals surface area contributed by atoms with Gasteiger partial charge >= 0.3 is 0 Å².